The summed E-state index contributed by atoms with van der Waals surface area (Å²) in [6.45, 7) is 0.188. The fourth-order valence-corrected chi connectivity index (χ4v) is 1.68. The number of carbonyl (C=O) groups excluding carboxylic acids is 2. The van der Waals surface area contributed by atoms with Gasteiger partial charge in [-0.1, -0.05) is 11.6 Å². The van der Waals surface area contributed by atoms with Crippen molar-refractivity contribution in [2.45, 2.75) is 6.54 Å². The van der Waals surface area contributed by atoms with Crippen LogP contribution < -0.4 is 11.1 Å². The molecule has 1 aromatic carbocycles. The minimum atomic E-state index is -0.400. The first-order chi connectivity index (χ1) is 7.58. The van der Waals surface area contributed by atoms with Gasteiger partial charge in [-0.15, -0.1) is 0 Å². The van der Waals surface area contributed by atoms with Crippen molar-refractivity contribution in [2.75, 3.05) is 12.3 Å². The second-order valence-electron chi connectivity index (χ2n) is 3.49. The van der Waals surface area contributed by atoms with Gasteiger partial charge in [0.2, 0.25) is 5.91 Å². The van der Waals surface area contributed by atoms with Gasteiger partial charge in [0.1, 0.15) is 0 Å². The van der Waals surface area contributed by atoms with Crippen molar-refractivity contribution in [3.05, 3.63) is 28.8 Å². The van der Waals surface area contributed by atoms with Gasteiger partial charge in [-0.2, -0.15) is 0 Å². The number of amides is 3. The Morgan fingerprint density at radius 1 is 1.44 bits per heavy atom. The fourth-order valence-electron chi connectivity index (χ4n) is 1.50. The molecular weight excluding hydrogens is 230 g/mol. The maximum atomic E-state index is 11.4. The second-order valence-corrected chi connectivity index (χ2v) is 3.90. The number of anilines is 1. The van der Waals surface area contributed by atoms with E-state index in [2.05, 4.69) is 5.32 Å². The lowest BCUT2D eigenvalue weighted by molar-refractivity contribution is -0.125. The minimum absolute atomic E-state index is 0.0404. The number of hydrogen-bond donors (Lipinski definition) is 2. The largest absolute Gasteiger partial charge is 0.399 e. The molecule has 0 aliphatic carbocycles. The highest BCUT2D eigenvalue weighted by Crippen LogP contribution is 2.21. The molecular formula is C10H10ClN3O2. The maximum Gasteiger partial charge on any atom is 0.324 e. The summed E-state index contributed by atoms with van der Waals surface area (Å²) in [5, 5.41) is 2.92. The standard InChI is InChI=1S/C10H10ClN3O2/c11-8-2-1-7(12)3-6(8)5-14-9(15)4-13-10(14)16/h1-3H,4-5,12H2,(H,13,16). The number of nitrogen functional groups attached to an aromatic ring is 1. The van der Waals surface area contributed by atoms with E-state index < -0.39 is 6.03 Å². The predicted molar refractivity (Wildman–Crippen MR) is 59.8 cm³/mol. The third-order valence-corrected chi connectivity index (χ3v) is 2.70. The summed E-state index contributed by atoms with van der Waals surface area (Å²) < 4.78 is 0. The van der Waals surface area contributed by atoms with E-state index in [1.807, 2.05) is 0 Å². The van der Waals surface area contributed by atoms with Gasteiger partial charge in [-0.3, -0.25) is 9.69 Å². The number of urea groups is 1. The van der Waals surface area contributed by atoms with E-state index in [9.17, 15) is 9.59 Å². The normalized spacial score (nSPS) is 15.4. The van der Waals surface area contributed by atoms with E-state index in [1.165, 1.54) is 0 Å². The van der Waals surface area contributed by atoms with Crippen molar-refractivity contribution < 1.29 is 9.59 Å². The molecule has 1 aliphatic rings. The molecule has 0 aromatic heterocycles. The Kier molecular flexibility index (Phi) is 2.70. The number of rotatable bonds is 2. The molecule has 0 atom stereocenters. The van der Waals surface area contributed by atoms with Crippen molar-refractivity contribution in [2.24, 2.45) is 0 Å². The zero-order valence-corrected chi connectivity index (χ0v) is 9.12. The summed E-state index contributed by atoms with van der Waals surface area (Å²) in [4.78, 5) is 23.8. The van der Waals surface area contributed by atoms with Crippen LogP contribution in [0.2, 0.25) is 5.02 Å². The number of nitrogens with zero attached hydrogens (tertiary/aromatic N) is 1. The van der Waals surface area contributed by atoms with Gasteiger partial charge in [-0.25, -0.2) is 4.79 Å². The molecule has 1 fully saturated rings. The van der Waals surface area contributed by atoms with Gasteiger partial charge in [0.05, 0.1) is 13.1 Å². The number of imide groups is 1. The van der Waals surface area contributed by atoms with Crippen LogP contribution in [0.1, 0.15) is 5.56 Å². The monoisotopic (exact) mass is 239 g/mol. The van der Waals surface area contributed by atoms with Crippen molar-refractivity contribution >= 4 is 29.2 Å². The molecule has 2 rings (SSSR count). The molecule has 0 radical (unpaired) electrons. The number of hydrogen-bond acceptors (Lipinski definition) is 3. The highest BCUT2D eigenvalue weighted by molar-refractivity contribution is 6.31. The maximum absolute atomic E-state index is 11.4. The Hall–Kier alpha value is -1.75. The molecule has 84 valence electrons. The minimum Gasteiger partial charge on any atom is -0.399 e. The van der Waals surface area contributed by atoms with E-state index in [-0.39, 0.29) is 19.0 Å². The smallest absolute Gasteiger partial charge is 0.324 e. The lowest BCUT2D eigenvalue weighted by Gasteiger charge is -2.13. The van der Waals surface area contributed by atoms with Crippen molar-refractivity contribution in [3.8, 4) is 0 Å². The SMILES string of the molecule is Nc1ccc(Cl)c(CN2C(=O)CNC2=O)c1. The first-order valence-electron chi connectivity index (χ1n) is 4.70. The number of carbonyl (C=O) groups is 2. The van der Waals surface area contributed by atoms with Crippen LogP contribution in [-0.2, 0) is 11.3 Å². The molecule has 1 saturated heterocycles. The van der Waals surface area contributed by atoms with Crippen LogP contribution in [0.5, 0.6) is 0 Å². The van der Waals surface area contributed by atoms with E-state index in [1.54, 1.807) is 18.2 Å². The highest BCUT2D eigenvalue weighted by Gasteiger charge is 2.28. The Morgan fingerprint density at radius 3 is 2.81 bits per heavy atom. The Labute approximate surface area is 97.2 Å². The lowest BCUT2D eigenvalue weighted by atomic mass is 10.2. The molecule has 0 saturated carbocycles. The second kappa shape index (κ2) is 4.02. The molecule has 1 aliphatic heterocycles. The number of nitrogens with one attached hydrogen (secondary N) is 1. The Morgan fingerprint density at radius 2 is 2.19 bits per heavy atom. The van der Waals surface area contributed by atoms with Crippen LogP contribution in [0.15, 0.2) is 18.2 Å². The first-order valence-corrected chi connectivity index (χ1v) is 5.08. The Balaban J connectivity index is 2.23. The van der Waals surface area contributed by atoms with Gasteiger partial charge in [0.15, 0.2) is 0 Å². The third-order valence-electron chi connectivity index (χ3n) is 2.34. The lowest BCUT2D eigenvalue weighted by Crippen LogP contribution is -2.30. The summed E-state index contributed by atoms with van der Waals surface area (Å²) in [5.41, 5.74) is 6.82. The average molecular weight is 240 g/mol. The average Bonchev–Trinajstić information content (AvgIpc) is 2.55. The molecule has 6 heteroatoms. The first kappa shape index (κ1) is 10.8. The highest BCUT2D eigenvalue weighted by atomic mass is 35.5. The molecule has 16 heavy (non-hydrogen) atoms. The quantitative estimate of drug-likeness (QED) is 0.597. The zero-order valence-electron chi connectivity index (χ0n) is 8.37. The van der Waals surface area contributed by atoms with Crippen LogP contribution in [-0.4, -0.2) is 23.4 Å². The van der Waals surface area contributed by atoms with Gasteiger partial charge in [-0.05, 0) is 23.8 Å². The summed E-state index contributed by atoms with van der Waals surface area (Å²) in [7, 11) is 0. The van der Waals surface area contributed by atoms with Crippen LogP contribution >= 0.6 is 11.6 Å². The topological polar surface area (TPSA) is 75.4 Å². The van der Waals surface area contributed by atoms with Crippen LogP contribution in [0.4, 0.5) is 10.5 Å². The van der Waals surface area contributed by atoms with E-state index in [0.717, 1.165) is 4.90 Å². The number of nitrogens with two attached hydrogens (primary N) is 1. The van der Waals surface area contributed by atoms with Crippen LogP contribution in [0, 0.1) is 0 Å². The van der Waals surface area contributed by atoms with Crippen LogP contribution in [0.3, 0.4) is 0 Å². The molecule has 3 amide bonds. The zero-order chi connectivity index (χ0) is 11.7. The predicted octanol–water partition coefficient (Wildman–Crippen LogP) is 0.974. The van der Waals surface area contributed by atoms with E-state index in [0.29, 0.717) is 16.3 Å². The molecule has 0 spiro atoms. The van der Waals surface area contributed by atoms with E-state index >= 15 is 0 Å². The summed E-state index contributed by atoms with van der Waals surface area (Å²) in [6.07, 6.45) is 0. The molecule has 3 N–H and O–H groups in total. The van der Waals surface area contributed by atoms with Crippen molar-refractivity contribution in [3.63, 3.8) is 0 Å². The van der Waals surface area contributed by atoms with Gasteiger partial charge < -0.3 is 11.1 Å². The fraction of sp³-hybridized carbons (Fsp3) is 0.200. The van der Waals surface area contributed by atoms with Crippen molar-refractivity contribution in [1.29, 1.82) is 0 Å². The van der Waals surface area contributed by atoms with Gasteiger partial charge in [0, 0.05) is 10.7 Å². The summed E-state index contributed by atoms with van der Waals surface area (Å²) in [6, 6.07) is 4.56. The number of benzene rings is 1. The molecule has 5 nitrogen and oxygen atoms in total. The molecule has 1 heterocycles. The third kappa shape index (κ3) is 1.94. The number of halogens is 1. The van der Waals surface area contributed by atoms with E-state index in [4.69, 9.17) is 17.3 Å². The summed E-state index contributed by atoms with van der Waals surface area (Å²) >= 11 is 5.94. The van der Waals surface area contributed by atoms with Gasteiger partial charge >= 0.3 is 6.03 Å². The van der Waals surface area contributed by atoms with Gasteiger partial charge in [0.25, 0.3) is 0 Å². The van der Waals surface area contributed by atoms with Crippen molar-refractivity contribution in [1.82, 2.24) is 10.2 Å². The summed E-state index contributed by atoms with van der Waals surface area (Å²) in [5.74, 6) is -0.261. The van der Waals surface area contributed by atoms with Crippen LogP contribution in [0.25, 0.3) is 0 Å². The molecule has 0 bridgehead atoms. The molecule has 1 aromatic rings. The Bertz CT molecular complexity index is 445. The molecule has 0 unspecified atom stereocenters.